The first-order valence-corrected chi connectivity index (χ1v) is 5.74. The summed E-state index contributed by atoms with van der Waals surface area (Å²) in [5.41, 5.74) is 3.45. The largest absolute Gasteiger partial charge is 0.366 e. The summed E-state index contributed by atoms with van der Waals surface area (Å²) >= 11 is 4.50. The Balaban J connectivity index is 2.10. The van der Waals surface area contributed by atoms with Crippen LogP contribution >= 0.6 is 12.2 Å². The number of anilines is 1. The van der Waals surface area contributed by atoms with Crippen molar-refractivity contribution < 1.29 is 0 Å². The fourth-order valence-corrected chi connectivity index (χ4v) is 1.64. The summed E-state index contributed by atoms with van der Waals surface area (Å²) in [6.07, 6.45) is 0. The second-order valence-corrected chi connectivity index (χ2v) is 3.71. The summed E-state index contributed by atoms with van der Waals surface area (Å²) < 4.78 is 0. The number of nitrogens with one attached hydrogen (secondary N) is 1. The molecule has 0 bridgehead atoms. The average Bonchev–Trinajstić information content (AvgIpc) is 2.41. The predicted octanol–water partition coefficient (Wildman–Crippen LogP) is 3.83. The van der Waals surface area contributed by atoms with Gasteiger partial charge in [0.05, 0.1) is 5.16 Å². The smallest absolute Gasteiger partial charge is 0.118 e. The van der Waals surface area contributed by atoms with Gasteiger partial charge in [0.15, 0.2) is 0 Å². The first-order chi connectivity index (χ1) is 8.40. The van der Waals surface area contributed by atoms with E-state index in [1.165, 1.54) is 11.1 Å². The van der Waals surface area contributed by atoms with Crippen LogP contribution in [0.15, 0.2) is 59.6 Å². The molecule has 0 saturated heterocycles. The lowest BCUT2D eigenvalue weighted by Crippen LogP contribution is -1.97. The molecule has 0 aliphatic carbocycles. The van der Waals surface area contributed by atoms with Crippen molar-refractivity contribution in [3.8, 4) is 11.1 Å². The molecule has 0 fully saturated rings. The van der Waals surface area contributed by atoms with Crippen molar-refractivity contribution in [2.45, 2.75) is 0 Å². The maximum absolute atomic E-state index is 4.50. The summed E-state index contributed by atoms with van der Waals surface area (Å²) in [6, 6.07) is 18.5. The Kier molecular flexibility index (Phi) is 4.03. The van der Waals surface area contributed by atoms with Crippen molar-refractivity contribution in [2.75, 3.05) is 12.0 Å². The van der Waals surface area contributed by atoms with Crippen LogP contribution < -0.4 is 5.32 Å². The molecule has 0 saturated carbocycles. The first-order valence-electron chi connectivity index (χ1n) is 5.33. The molecule has 0 atom stereocenters. The summed E-state index contributed by atoms with van der Waals surface area (Å²) in [7, 11) is 0. The molecule has 0 amide bonds. The van der Waals surface area contributed by atoms with Gasteiger partial charge >= 0.3 is 0 Å². The van der Waals surface area contributed by atoms with E-state index in [0.29, 0.717) is 6.67 Å². The molecule has 3 heteroatoms. The topological polar surface area (TPSA) is 24.4 Å². The minimum Gasteiger partial charge on any atom is -0.366 e. The highest BCUT2D eigenvalue weighted by Gasteiger charge is 1.96. The number of hydrogen-bond donors (Lipinski definition) is 1. The van der Waals surface area contributed by atoms with Crippen LogP contribution in [-0.4, -0.2) is 11.8 Å². The Hall–Kier alpha value is -1.96. The number of isothiocyanates is 1. The van der Waals surface area contributed by atoms with Gasteiger partial charge in [-0.3, -0.25) is 0 Å². The molecule has 0 aromatic heterocycles. The van der Waals surface area contributed by atoms with Gasteiger partial charge in [0.2, 0.25) is 0 Å². The van der Waals surface area contributed by atoms with E-state index in [0.717, 1.165) is 5.69 Å². The summed E-state index contributed by atoms with van der Waals surface area (Å²) in [5, 5.41) is 5.45. The maximum Gasteiger partial charge on any atom is 0.118 e. The van der Waals surface area contributed by atoms with E-state index in [4.69, 9.17) is 0 Å². The SMILES string of the molecule is S=C=NCNc1ccc(-c2ccccc2)cc1. The van der Waals surface area contributed by atoms with Crippen molar-refractivity contribution in [3.63, 3.8) is 0 Å². The molecule has 17 heavy (non-hydrogen) atoms. The molecule has 2 aromatic rings. The van der Waals surface area contributed by atoms with Crippen LogP contribution in [0.25, 0.3) is 11.1 Å². The second kappa shape index (κ2) is 5.94. The number of rotatable bonds is 4. The number of hydrogen-bond acceptors (Lipinski definition) is 3. The lowest BCUT2D eigenvalue weighted by molar-refractivity contribution is 1.15. The van der Waals surface area contributed by atoms with Crippen molar-refractivity contribution in [2.24, 2.45) is 4.99 Å². The zero-order valence-electron chi connectivity index (χ0n) is 9.26. The summed E-state index contributed by atoms with van der Waals surface area (Å²) in [5.74, 6) is 0. The molecule has 2 rings (SSSR count). The molecular weight excluding hydrogens is 228 g/mol. The van der Waals surface area contributed by atoms with E-state index in [-0.39, 0.29) is 0 Å². The van der Waals surface area contributed by atoms with E-state index in [1.807, 2.05) is 30.3 Å². The number of thiocarbonyl (C=S) groups is 1. The third-order valence-electron chi connectivity index (χ3n) is 2.42. The molecular formula is C14H12N2S. The van der Waals surface area contributed by atoms with Crippen molar-refractivity contribution in [3.05, 3.63) is 54.6 Å². The lowest BCUT2D eigenvalue weighted by Gasteiger charge is -2.05. The number of benzene rings is 2. The number of nitrogens with zero attached hydrogens (tertiary/aromatic N) is 1. The van der Waals surface area contributed by atoms with Gasteiger partial charge in [-0.25, -0.2) is 4.99 Å². The van der Waals surface area contributed by atoms with Crippen LogP contribution in [-0.2, 0) is 0 Å². The highest BCUT2D eigenvalue weighted by Crippen LogP contribution is 2.20. The molecule has 2 aromatic carbocycles. The molecule has 0 heterocycles. The van der Waals surface area contributed by atoms with Crippen LogP contribution in [0.3, 0.4) is 0 Å². The quantitative estimate of drug-likeness (QED) is 0.649. The Morgan fingerprint density at radius 1 is 0.941 bits per heavy atom. The van der Waals surface area contributed by atoms with Crippen molar-refractivity contribution in [1.29, 1.82) is 0 Å². The number of aliphatic imine (C=N–C) groups is 1. The third-order valence-corrected chi connectivity index (χ3v) is 2.55. The third kappa shape index (κ3) is 3.25. The van der Waals surface area contributed by atoms with Gasteiger partial charge in [0, 0.05) is 5.69 Å². The van der Waals surface area contributed by atoms with Gasteiger partial charge in [-0.2, -0.15) is 0 Å². The van der Waals surface area contributed by atoms with E-state index in [9.17, 15) is 0 Å². The molecule has 0 aliphatic heterocycles. The van der Waals surface area contributed by atoms with E-state index in [1.54, 1.807) is 0 Å². The predicted molar refractivity (Wildman–Crippen MR) is 75.4 cm³/mol. The molecule has 0 radical (unpaired) electrons. The highest BCUT2D eigenvalue weighted by molar-refractivity contribution is 7.78. The molecule has 0 unspecified atom stereocenters. The lowest BCUT2D eigenvalue weighted by atomic mass is 10.1. The van der Waals surface area contributed by atoms with Gasteiger partial charge in [0.1, 0.15) is 6.67 Å². The Morgan fingerprint density at radius 2 is 1.59 bits per heavy atom. The van der Waals surface area contributed by atoms with Crippen LogP contribution in [0.1, 0.15) is 0 Å². The van der Waals surface area contributed by atoms with Crippen LogP contribution in [0, 0.1) is 0 Å². The molecule has 1 N–H and O–H groups in total. The van der Waals surface area contributed by atoms with Crippen LogP contribution in [0.2, 0.25) is 0 Å². The molecule has 0 aliphatic rings. The van der Waals surface area contributed by atoms with Crippen LogP contribution in [0.5, 0.6) is 0 Å². The van der Waals surface area contributed by atoms with Crippen molar-refractivity contribution in [1.82, 2.24) is 0 Å². The minimum absolute atomic E-state index is 0.466. The van der Waals surface area contributed by atoms with Gasteiger partial charge in [-0.1, -0.05) is 42.5 Å². The molecule has 0 spiro atoms. The fraction of sp³-hybridized carbons (Fsp3) is 0.0714. The van der Waals surface area contributed by atoms with Gasteiger partial charge < -0.3 is 5.32 Å². The van der Waals surface area contributed by atoms with Gasteiger partial charge in [0.25, 0.3) is 0 Å². The van der Waals surface area contributed by atoms with Gasteiger partial charge in [-0.05, 0) is 35.5 Å². The monoisotopic (exact) mass is 240 g/mol. The molecule has 84 valence electrons. The van der Waals surface area contributed by atoms with E-state index < -0.39 is 0 Å². The normalized spacial score (nSPS) is 9.41. The summed E-state index contributed by atoms with van der Waals surface area (Å²) in [6.45, 7) is 0.466. The fourth-order valence-electron chi connectivity index (χ4n) is 1.57. The Bertz CT molecular complexity index is 514. The van der Waals surface area contributed by atoms with E-state index >= 15 is 0 Å². The second-order valence-electron chi connectivity index (χ2n) is 3.53. The maximum atomic E-state index is 4.50. The first kappa shape index (κ1) is 11.5. The van der Waals surface area contributed by atoms with Crippen molar-refractivity contribution >= 4 is 23.1 Å². The zero-order valence-corrected chi connectivity index (χ0v) is 10.1. The zero-order chi connectivity index (χ0) is 11.9. The average molecular weight is 240 g/mol. The standard InChI is InChI=1S/C14H12N2S/c17-11-15-10-16-14-8-6-13(7-9-14)12-4-2-1-3-5-12/h1-9,16H,10H2. The van der Waals surface area contributed by atoms with E-state index in [2.05, 4.69) is 52.0 Å². The Morgan fingerprint density at radius 3 is 2.24 bits per heavy atom. The molecule has 2 nitrogen and oxygen atoms in total. The Labute approximate surface area is 106 Å². The minimum atomic E-state index is 0.466. The highest BCUT2D eigenvalue weighted by atomic mass is 32.1. The van der Waals surface area contributed by atoms with Crippen LogP contribution in [0.4, 0.5) is 5.69 Å². The summed E-state index contributed by atoms with van der Waals surface area (Å²) in [4.78, 5) is 3.80. The van der Waals surface area contributed by atoms with Gasteiger partial charge in [-0.15, -0.1) is 0 Å².